The summed E-state index contributed by atoms with van der Waals surface area (Å²) in [5.74, 6) is 0.0790. The highest BCUT2D eigenvalue weighted by molar-refractivity contribution is 5.41. The number of H-pyrrole nitrogens is 1. The Morgan fingerprint density at radius 2 is 2.17 bits per heavy atom. The van der Waals surface area contributed by atoms with Crippen LogP contribution in [0.5, 0.6) is 0 Å². The van der Waals surface area contributed by atoms with Gasteiger partial charge in [0.2, 0.25) is 0 Å². The fourth-order valence-corrected chi connectivity index (χ4v) is 1.08. The van der Waals surface area contributed by atoms with Crippen molar-refractivity contribution in [2.24, 2.45) is 0 Å². The van der Waals surface area contributed by atoms with Gasteiger partial charge in [0.25, 0.3) is 0 Å². The molecule has 1 N–H and O–H groups in total. The highest BCUT2D eigenvalue weighted by atomic mass is 16.6. The quantitative estimate of drug-likeness (QED) is 0.541. The highest BCUT2D eigenvalue weighted by Gasteiger charge is 2.22. The maximum Gasteiger partial charge on any atom is 0.313 e. The first-order valence-electron chi connectivity index (χ1n) is 3.73. The van der Waals surface area contributed by atoms with Crippen LogP contribution in [0.25, 0.3) is 0 Å². The topological polar surface area (TPSA) is 71.8 Å². The van der Waals surface area contributed by atoms with E-state index in [0.717, 1.165) is 0 Å². The predicted octanol–water partition coefficient (Wildman–Crippen LogP) is 1.75. The molecule has 0 saturated heterocycles. The van der Waals surface area contributed by atoms with Gasteiger partial charge in [-0.05, 0) is 6.92 Å². The molecule has 0 unspecified atom stereocenters. The summed E-state index contributed by atoms with van der Waals surface area (Å²) in [7, 11) is 0. The molecule has 0 aromatic carbocycles. The third-order valence-corrected chi connectivity index (χ3v) is 1.67. The average molecular weight is 169 g/mol. The molecule has 1 rings (SSSR count). The van der Waals surface area contributed by atoms with E-state index in [-0.39, 0.29) is 11.6 Å². The van der Waals surface area contributed by atoms with Crippen molar-refractivity contribution in [2.75, 3.05) is 0 Å². The lowest BCUT2D eigenvalue weighted by molar-refractivity contribution is -0.386. The fourth-order valence-electron chi connectivity index (χ4n) is 1.08. The molecular formula is C7H11N3O2. The lowest BCUT2D eigenvalue weighted by Gasteiger charge is -1.97. The molecule has 0 spiro atoms. The van der Waals surface area contributed by atoms with Crippen LogP contribution in [0.4, 0.5) is 5.69 Å². The van der Waals surface area contributed by atoms with E-state index in [2.05, 4.69) is 10.2 Å². The highest BCUT2D eigenvalue weighted by Crippen LogP contribution is 2.26. The summed E-state index contributed by atoms with van der Waals surface area (Å²) < 4.78 is 0. The molecule has 5 nitrogen and oxygen atoms in total. The largest absolute Gasteiger partial charge is 0.313 e. The first-order valence-corrected chi connectivity index (χ1v) is 3.73. The maximum absolute atomic E-state index is 10.6. The number of aromatic amines is 1. The fraction of sp³-hybridized carbons (Fsp3) is 0.571. The van der Waals surface area contributed by atoms with Gasteiger partial charge in [-0.2, -0.15) is 5.10 Å². The van der Waals surface area contributed by atoms with Crippen LogP contribution < -0.4 is 0 Å². The van der Waals surface area contributed by atoms with Crippen LogP contribution >= 0.6 is 0 Å². The summed E-state index contributed by atoms with van der Waals surface area (Å²) in [6, 6.07) is 0. The van der Waals surface area contributed by atoms with Crippen molar-refractivity contribution in [1.29, 1.82) is 0 Å². The van der Waals surface area contributed by atoms with E-state index in [1.54, 1.807) is 6.92 Å². The minimum atomic E-state index is -0.395. The van der Waals surface area contributed by atoms with Crippen molar-refractivity contribution < 1.29 is 4.92 Å². The second kappa shape index (κ2) is 2.92. The zero-order chi connectivity index (χ0) is 9.30. The molecule has 0 bridgehead atoms. The zero-order valence-corrected chi connectivity index (χ0v) is 7.29. The Balaban J connectivity index is 3.21. The molecule has 0 radical (unpaired) electrons. The first-order chi connectivity index (χ1) is 5.54. The van der Waals surface area contributed by atoms with E-state index in [0.29, 0.717) is 11.4 Å². The van der Waals surface area contributed by atoms with Gasteiger partial charge in [0.1, 0.15) is 11.4 Å². The van der Waals surface area contributed by atoms with Crippen molar-refractivity contribution in [3.63, 3.8) is 0 Å². The average Bonchev–Trinajstić information content (AvgIpc) is 2.30. The second-order valence-electron chi connectivity index (χ2n) is 2.99. The normalized spacial score (nSPS) is 10.7. The molecule has 0 atom stereocenters. The van der Waals surface area contributed by atoms with Crippen molar-refractivity contribution in [2.45, 2.75) is 26.7 Å². The molecule has 0 aliphatic heterocycles. The summed E-state index contributed by atoms with van der Waals surface area (Å²) in [5, 5.41) is 17.0. The molecule has 0 fully saturated rings. The molecule has 5 heteroatoms. The van der Waals surface area contributed by atoms with Gasteiger partial charge in [-0.1, -0.05) is 13.8 Å². The molecule has 1 heterocycles. The van der Waals surface area contributed by atoms with Crippen LogP contribution in [0.3, 0.4) is 0 Å². The van der Waals surface area contributed by atoms with Crippen molar-refractivity contribution in [3.05, 3.63) is 21.5 Å². The van der Waals surface area contributed by atoms with E-state index in [1.165, 1.54) is 0 Å². The Hall–Kier alpha value is -1.39. The van der Waals surface area contributed by atoms with Gasteiger partial charge in [0, 0.05) is 5.92 Å². The van der Waals surface area contributed by atoms with Gasteiger partial charge in [0.05, 0.1) is 4.92 Å². The van der Waals surface area contributed by atoms with E-state index in [4.69, 9.17) is 0 Å². The van der Waals surface area contributed by atoms with Crippen molar-refractivity contribution >= 4 is 5.69 Å². The Bertz CT molecular complexity index is 304. The van der Waals surface area contributed by atoms with Crippen LogP contribution in [-0.2, 0) is 0 Å². The number of hydrogen-bond donors (Lipinski definition) is 1. The molecule has 1 aromatic heterocycles. The van der Waals surface area contributed by atoms with Crippen molar-refractivity contribution in [1.82, 2.24) is 10.2 Å². The SMILES string of the molecule is Cc1[nH]nc(C(C)C)c1[N+](=O)[O-]. The molecule has 66 valence electrons. The molecule has 0 saturated carbocycles. The molecule has 12 heavy (non-hydrogen) atoms. The van der Waals surface area contributed by atoms with Gasteiger partial charge >= 0.3 is 5.69 Å². The Morgan fingerprint density at radius 3 is 2.50 bits per heavy atom. The van der Waals surface area contributed by atoms with Gasteiger partial charge in [-0.25, -0.2) is 0 Å². The maximum atomic E-state index is 10.6. The standard InChI is InChI=1S/C7H11N3O2/c1-4(2)6-7(10(11)12)5(3)8-9-6/h4H,1-3H3,(H,8,9). The van der Waals surface area contributed by atoms with Crippen LogP contribution in [-0.4, -0.2) is 15.1 Å². The van der Waals surface area contributed by atoms with Crippen LogP contribution in [0.1, 0.15) is 31.2 Å². The lowest BCUT2D eigenvalue weighted by atomic mass is 10.1. The first kappa shape index (κ1) is 8.70. The lowest BCUT2D eigenvalue weighted by Crippen LogP contribution is -1.95. The van der Waals surface area contributed by atoms with Crippen LogP contribution in [0.2, 0.25) is 0 Å². The minimum Gasteiger partial charge on any atom is -0.275 e. The van der Waals surface area contributed by atoms with E-state index in [9.17, 15) is 10.1 Å². The van der Waals surface area contributed by atoms with Gasteiger partial charge in [-0.3, -0.25) is 15.2 Å². The number of nitro groups is 1. The number of nitrogens with one attached hydrogen (secondary N) is 1. The summed E-state index contributed by atoms with van der Waals surface area (Å²) in [4.78, 5) is 10.2. The Labute approximate surface area is 69.9 Å². The van der Waals surface area contributed by atoms with E-state index >= 15 is 0 Å². The number of rotatable bonds is 2. The molecule has 0 aliphatic carbocycles. The molecular weight excluding hydrogens is 158 g/mol. The van der Waals surface area contributed by atoms with E-state index in [1.807, 2.05) is 13.8 Å². The summed E-state index contributed by atoms with van der Waals surface area (Å²) in [6.07, 6.45) is 0. The third kappa shape index (κ3) is 1.30. The van der Waals surface area contributed by atoms with Gasteiger partial charge < -0.3 is 0 Å². The number of aromatic nitrogens is 2. The molecule has 0 amide bonds. The van der Waals surface area contributed by atoms with Crippen LogP contribution in [0.15, 0.2) is 0 Å². The second-order valence-corrected chi connectivity index (χ2v) is 2.99. The number of aryl methyl sites for hydroxylation is 1. The predicted molar refractivity (Wildman–Crippen MR) is 44.1 cm³/mol. The minimum absolute atomic E-state index is 0.0790. The Morgan fingerprint density at radius 1 is 1.58 bits per heavy atom. The van der Waals surface area contributed by atoms with Gasteiger partial charge in [-0.15, -0.1) is 0 Å². The van der Waals surface area contributed by atoms with Crippen LogP contribution in [0, 0.1) is 17.0 Å². The summed E-state index contributed by atoms with van der Waals surface area (Å²) >= 11 is 0. The Kier molecular flexibility index (Phi) is 2.12. The molecule has 1 aromatic rings. The smallest absolute Gasteiger partial charge is 0.275 e. The zero-order valence-electron chi connectivity index (χ0n) is 7.29. The summed E-state index contributed by atoms with van der Waals surface area (Å²) in [6.45, 7) is 5.40. The molecule has 0 aliphatic rings. The van der Waals surface area contributed by atoms with Crippen molar-refractivity contribution in [3.8, 4) is 0 Å². The number of nitrogens with zero attached hydrogens (tertiary/aromatic N) is 2. The summed E-state index contributed by atoms with van der Waals surface area (Å²) in [5.41, 5.74) is 1.16. The van der Waals surface area contributed by atoms with E-state index < -0.39 is 4.92 Å². The van der Waals surface area contributed by atoms with Gasteiger partial charge in [0.15, 0.2) is 0 Å². The monoisotopic (exact) mass is 169 g/mol. The third-order valence-electron chi connectivity index (χ3n) is 1.67. The number of hydrogen-bond acceptors (Lipinski definition) is 3.